The number of nitrogens with zero attached hydrogens (tertiary/aromatic N) is 5. The first kappa shape index (κ1) is 21.3. The lowest BCUT2D eigenvalue weighted by Crippen LogP contribution is -2.40. The Balaban J connectivity index is 1.70. The van der Waals surface area contributed by atoms with Crippen molar-refractivity contribution in [2.75, 3.05) is 18.6 Å². The molecule has 0 aliphatic carbocycles. The molecule has 5 rings (SSSR count). The average molecular weight is 466 g/mol. The van der Waals surface area contributed by atoms with E-state index in [1.165, 1.54) is 9.13 Å². The number of fused-ring (bicyclic) bond motifs is 3. The molecule has 0 amide bonds. The molecular weight excluding hydrogens is 442 g/mol. The first-order chi connectivity index (χ1) is 15.9. The lowest BCUT2D eigenvalue weighted by Gasteiger charge is -2.33. The molecule has 0 saturated carbocycles. The van der Waals surface area contributed by atoms with Gasteiger partial charge < -0.3 is 14.2 Å². The fourth-order valence-corrected chi connectivity index (χ4v) is 4.62. The van der Waals surface area contributed by atoms with Crippen LogP contribution in [0.1, 0.15) is 12.5 Å². The van der Waals surface area contributed by atoms with E-state index in [-0.39, 0.29) is 18.0 Å². The number of hydrogen-bond acceptors (Lipinski definition) is 5. The summed E-state index contributed by atoms with van der Waals surface area (Å²) >= 11 is 6.30. The molecule has 2 aromatic carbocycles. The molecule has 33 heavy (non-hydrogen) atoms. The molecule has 0 unspecified atom stereocenters. The van der Waals surface area contributed by atoms with E-state index >= 15 is 0 Å². The van der Waals surface area contributed by atoms with E-state index in [9.17, 15) is 9.59 Å². The van der Waals surface area contributed by atoms with Gasteiger partial charge in [-0.1, -0.05) is 36.7 Å². The van der Waals surface area contributed by atoms with E-state index < -0.39 is 5.69 Å². The molecule has 0 radical (unpaired) electrons. The van der Waals surface area contributed by atoms with Crippen LogP contribution < -0.4 is 20.9 Å². The number of anilines is 2. The number of benzene rings is 2. The third-order valence-electron chi connectivity index (χ3n) is 6.11. The van der Waals surface area contributed by atoms with Crippen LogP contribution in [0.25, 0.3) is 11.2 Å². The topological polar surface area (TPSA) is 74.3 Å². The highest BCUT2D eigenvalue weighted by atomic mass is 35.5. The Kier molecular flexibility index (Phi) is 5.25. The first-order valence-corrected chi connectivity index (χ1v) is 11.1. The summed E-state index contributed by atoms with van der Waals surface area (Å²) in [5.74, 6) is 1.68. The maximum atomic E-state index is 13.6. The smallest absolute Gasteiger partial charge is 0.332 e. The van der Waals surface area contributed by atoms with E-state index in [4.69, 9.17) is 21.3 Å². The normalized spacial score (nSPS) is 15.6. The van der Waals surface area contributed by atoms with E-state index in [0.29, 0.717) is 34.2 Å². The second-order valence-electron chi connectivity index (χ2n) is 8.43. The molecule has 1 atom stereocenters. The Morgan fingerprint density at radius 3 is 2.52 bits per heavy atom. The molecule has 1 aliphatic rings. The summed E-state index contributed by atoms with van der Waals surface area (Å²) in [5, 5.41) is 0.515. The molecular formula is C24H24ClN5O3. The van der Waals surface area contributed by atoms with E-state index in [1.807, 2.05) is 47.0 Å². The summed E-state index contributed by atoms with van der Waals surface area (Å²) in [6, 6.07) is 15.0. The van der Waals surface area contributed by atoms with Crippen LogP contribution >= 0.6 is 11.6 Å². The molecule has 1 aliphatic heterocycles. The Hall–Kier alpha value is -3.52. The molecule has 2 aromatic heterocycles. The number of aromatic nitrogens is 4. The highest BCUT2D eigenvalue weighted by Crippen LogP contribution is 2.33. The van der Waals surface area contributed by atoms with Gasteiger partial charge in [0.1, 0.15) is 5.75 Å². The standard InChI is InChI=1S/C24H24ClN5O3/c1-15-12-28(17-8-10-18(33-3)11-9-17)23-26-21-20(29(23)13-15)22(31)30(24(32)27(21)2)14-16-6-4-5-7-19(16)25/h4-11,15H,12-14H2,1-3H3/t15-/m1/s1. The molecule has 3 heterocycles. The quantitative estimate of drug-likeness (QED) is 0.462. The van der Waals surface area contributed by atoms with Crippen molar-refractivity contribution >= 4 is 34.4 Å². The number of rotatable bonds is 4. The van der Waals surface area contributed by atoms with Gasteiger partial charge in [0.25, 0.3) is 5.56 Å². The fourth-order valence-electron chi connectivity index (χ4n) is 4.42. The van der Waals surface area contributed by atoms with Crippen LogP contribution in [0.3, 0.4) is 0 Å². The van der Waals surface area contributed by atoms with Crippen molar-refractivity contribution in [2.45, 2.75) is 20.0 Å². The van der Waals surface area contributed by atoms with Crippen molar-refractivity contribution in [1.29, 1.82) is 0 Å². The minimum atomic E-state index is -0.424. The number of hydrogen-bond donors (Lipinski definition) is 0. The van der Waals surface area contributed by atoms with Crippen LogP contribution in [0.5, 0.6) is 5.75 Å². The van der Waals surface area contributed by atoms with Crippen LogP contribution in [0.2, 0.25) is 5.02 Å². The van der Waals surface area contributed by atoms with E-state index in [0.717, 1.165) is 18.0 Å². The zero-order valence-corrected chi connectivity index (χ0v) is 19.4. The number of methoxy groups -OCH3 is 1. The molecule has 0 saturated heterocycles. The van der Waals surface area contributed by atoms with Gasteiger partial charge in [-0.25, -0.2) is 4.79 Å². The van der Waals surface area contributed by atoms with Gasteiger partial charge in [-0.3, -0.25) is 13.9 Å². The number of halogens is 1. The number of imidazole rings is 1. The highest BCUT2D eigenvalue weighted by molar-refractivity contribution is 6.31. The molecule has 0 fully saturated rings. The number of aryl methyl sites for hydroxylation is 1. The molecule has 9 heteroatoms. The van der Waals surface area contributed by atoms with Crippen molar-refractivity contribution in [1.82, 2.24) is 18.7 Å². The summed E-state index contributed by atoms with van der Waals surface area (Å²) < 4.78 is 9.88. The predicted molar refractivity (Wildman–Crippen MR) is 129 cm³/mol. The van der Waals surface area contributed by atoms with Crippen molar-refractivity contribution in [3.05, 3.63) is 80.0 Å². The number of ether oxygens (including phenoxy) is 1. The predicted octanol–water partition coefficient (Wildman–Crippen LogP) is 3.39. The van der Waals surface area contributed by atoms with Gasteiger partial charge in [-0.2, -0.15) is 4.98 Å². The molecule has 4 aromatic rings. The summed E-state index contributed by atoms with van der Waals surface area (Å²) in [7, 11) is 3.28. The third kappa shape index (κ3) is 3.51. The molecule has 0 N–H and O–H groups in total. The lowest BCUT2D eigenvalue weighted by molar-refractivity contribution is 0.414. The van der Waals surface area contributed by atoms with Crippen LogP contribution in [0.15, 0.2) is 58.1 Å². The fraction of sp³-hybridized carbons (Fsp3) is 0.292. The summed E-state index contributed by atoms with van der Waals surface area (Å²) in [6.45, 7) is 3.62. The summed E-state index contributed by atoms with van der Waals surface area (Å²) in [6.07, 6.45) is 0. The van der Waals surface area contributed by atoms with Crippen LogP contribution in [0.4, 0.5) is 11.6 Å². The summed E-state index contributed by atoms with van der Waals surface area (Å²) in [4.78, 5) is 33.6. The molecule has 8 nitrogen and oxygen atoms in total. The zero-order chi connectivity index (χ0) is 23.3. The highest BCUT2D eigenvalue weighted by Gasteiger charge is 2.30. The monoisotopic (exact) mass is 465 g/mol. The Labute approximate surface area is 195 Å². The average Bonchev–Trinajstić information content (AvgIpc) is 3.20. The van der Waals surface area contributed by atoms with Gasteiger partial charge in [0.15, 0.2) is 11.2 Å². The SMILES string of the molecule is COc1ccc(N2C[C@@H](C)Cn3c2nc2c3c(=O)n(Cc3ccccc3Cl)c(=O)n2C)cc1. The Morgan fingerprint density at radius 1 is 1.09 bits per heavy atom. The first-order valence-electron chi connectivity index (χ1n) is 10.7. The Bertz CT molecular complexity index is 1470. The molecule has 170 valence electrons. The van der Waals surface area contributed by atoms with Crippen LogP contribution in [0, 0.1) is 5.92 Å². The van der Waals surface area contributed by atoms with Crippen LogP contribution in [-0.4, -0.2) is 32.3 Å². The summed E-state index contributed by atoms with van der Waals surface area (Å²) in [5.41, 5.74) is 1.67. The van der Waals surface area contributed by atoms with Crippen molar-refractivity contribution in [2.24, 2.45) is 13.0 Å². The van der Waals surface area contributed by atoms with Crippen molar-refractivity contribution in [3.63, 3.8) is 0 Å². The largest absolute Gasteiger partial charge is 0.497 e. The maximum Gasteiger partial charge on any atom is 0.332 e. The maximum absolute atomic E-state index is 13.6. The molecule has 0 bridgehead atoms. The van der Waals surface area contributed by atoms with Gasteiger partial charge in [-0.15, -0.1) is 0 Å². The minimum Gasteiger partial charge on any atom is -0.497 e. The van der Waals surface area contributed by atoms with Gasteiger partial charge in [-0.05, 0) is 41.8 Å². The van der Waals surface area contributed by atoms with E-state index in [1.54, 1.807) is 20.2 Å². The third-order valence-corrected chi connectivity index (χ3v) is 6.48. The van der Waals surface area contributed by atoms with Gasteiger partial charge in [0.2, 0.25) is 5.95 Å². The van der Waals surface area contributed by atoms with Crippen LogP contribution in [-0.2, 0) is 20.1 Å². The van der Waals surface area contributed by atoms with Crippen molar-refractivity contribution in [3.8, 4) is 5.75 Å². The van der Waals surface area contributed by atoms with Gasteiger partial charge in [0.05, 0.1) is 13.7 Å². The Morgan fingerprint density at radius 2 is 1.82 bits per heavy atom. The van der Waals surface area contributed by atoms with Gasteiger partial charge in [0, 0.05) is 30.8 Å². The van der Waals surface area contributed by atoms with Crippen molar-refractivity contribution < 1.29 is 4.74 Å². The van der Waals surface area contributed by atoms with E-state index in [2.05, 4.69) is 11.8 Å². The lowest BCUT2D eigenvalue weighted by atomic mass is 10.1. The second kappa shape index (κ2) is 8.12. The second-order valence-corrected chi connectivity index (χ2v) is 8.84. The van der Waals surface area contributed by atoms with Gasteiger partial charge >= 0.3 is 5.69 Å². The minimum absolute atomic E-state index is 0.0966. The molecule has 0 spiro atoms. The zero-order valence-electron chi connectivity index (χ0n) is 18.7.